The second-order valence-corrected chi connectivity index (χ2v) is 8.29. The van der Waals surface area contributed by atoms with Crippen molar-refractivity contribution in [2.45, 2.75) is 6.92 Å². The number of hydrogen-bond acceptors (Lipinski definition) is 4. The summed E-state index contributed by atoms with van der Waals surface area (Å²) in [4.78, 5) is 14.7. The van der Waals surface area contributed by atoms with E-state index in [9.17, 15) is 4.79 Å². The summed E-state index contributed by atoms with van der Waals surface area (Å²) in [7, 11) is 1.63. The van der Waals surface area contributed by atoms with E-state index in [4.69, 9.17) is 4.74 Å². The van der Waals surface area contributed by atoms with Gasteiger partial charge in [0.15, 0.2) is 0 Å². The van der Waals surface area contributed by atoms with Crippen LogP contribution >= 0.6 is 15.9 Å². The molecule has 0 aliphatic heterocycles. The number of methoxy groups -OCH3 is 1. The molecule has 0 aliphatic carbocycles. The average molecular weight is 487 g/mol. The van der Waals surface area contributed by atoms with Gasteiger partial charge >= 0.3 is 0 Å². The van der Waals surface area contributed by atoms with E-state index in [0.29, 0.717) is 16.8 Å². The summed E-state index contributed by atoms with van der Waals surface area (Å²) < 4.78 is 6.17. The molecule has 1 amide bonds. The summed E-state index contributed by atoms with van der Waals surface area (Å²) in [5.41, 5.74) is 4.51. The molecule has 0 spiro atoms. The molecule has 0 unspecified atom stereocenters. The van der Waals surface area contributed by atoms with Crippen LogP contribution in [-0.4, -0.2) is 28.0 Å². The van der Waals surface area contributed by atoms with Gasteiger partial charge in [-0.2, -0.15) is 4.80 Å². The minimum Gasteiger partial charge on any atom is -0.497 e. The molecule has 158 valence electrons. The molecule has 0 fully saturated rings. The Morgan fingerprint density at radius 3 is 2.38 bits per heavy atom. The maximum Gasteiger partial charge on any atom is 0.256 e. The summed E-state index contributed by atoms with van der Waals surface area (Å²) in [5.74, 6) is 0.602. The Kier molecular flexibility index (Phi) is 5.11. The minimum absolute atomic E-state index is 0.168. The van der Waals surface area contributed by atoms with Crippen molar-refractivity contribution in [1.29, 1.82) is 0 Å². The van der Waals surface area contributed by atoms with Crippen molar-refractivity contribution >= 4 is 49.3 Å². The van der Waals surface area contributed by atoms with Crippen molar-refractivity contribution in [3.63, 3.8) is 0 Å². The van der Waals surface area contributed by atoms with E-state index in [2.05, 4.69) is 31.4 Å². The minimum atomic E-state index is -0.168. The highest BCUT2D eigenvalue weighted by Gasteiger charge is 2.14. The first-order valence-corrected chi connectivity index (χ1v) is 10.8. The van der Waals surface area contributed by atoms with Gasteiger partial charge in [0.1, 0.15) is 16.8 Å². The molecule has 0 bridgehead atoms. The van der Waals surface area contributed by atoms with E-state index in [1.165, 1.54) is 0 Å². The summed E-state index contributed by atoms with van der Waals surface area (Å²) in [5, 5.41) is 14.1. The predicted molar refractivity (Wildman–Crippen MR) is 130 cm³/mol. The van der Waals surface area contributed by atoms with Crippen LogP contribution in [0.5, 0.6) is 5.75 Å². The van der Waals surface area contributed by atoms with Gasteiger partial charge in [-0.25, -0.2) is 0 Å². The lowest BCUT2D eigenvalue weighted by atomic mass is 10.0. The van der Waals surface area contributed by atoms with E-state index in [-0.39, 0.29) is 5.91 Å². The van der Waals surface area contributed by atoms with Gasteiger partial charge in [-0.15, -0.1) is 10.2 Å². The fourth-order valence-electron chi connectivity index (χ4n) is 3.69. The van der Waals surface area contributed by atoms with Gasteiger partial charge in [-0.1, -0.05) is 40.2 Å². The number of fused-ring (bicyclic) bond motifs is 2. The van der Waals surface area contributed by atoms with Gasteiger partial charge in [0.25, 0.3) is 5.91 Å². The zero-order valence-electron chi connectivity index (χ0n) is 17.5. The summed E-state index contributed by atoms with van der Waals surface area (Å²) in [6.45, 7) is 1.95. The Morgan fingerprint density at radius 2 is 1.62 bits per heavy atom. The maximum atomic E-state index is 13.1. The Bertz CT molecular complexity index is 1480. The first-order valence-electron chi connectivity index (χ1n) is 10.0. The van der Waals surface area contributed by atoms with Crippen molar-refractivity contribution in [1.82, 2.24) is 15.0 Å². The molecule has 6 nitrogen and oxygen atoms in total. The van der Waals surface area contributed by atoms with Crippen molar-refractivity contribution in [3.05, 3.63) is 88.4 Å². The van der Waals surface area contributed by atoms with Crippen LogP contribution in [0.25, 0.3) is 27.5 Å². The monoisotopic (exact) mass is 486 g/mol. The van der Waals surface area contributed by atoms with Gasteiger partial charge in [0.05, 0.1) is 12.8 Å². The quantitative estimate of drug-likeness (QED) is 0.343. The van der Waals surface area contributed by atoms with Crippen molar-refractivity contribution < 1.29 is 9.53 Å². The number of halogens is 1. The van der Waals surface area contributed by atoms with E-state index in [0.717, 1.165) is 37.8 Å². The van der Waals surface area contributed by atoms with E-state index < -0.39 is 0 Å². The molecule has 32 heavy (non-hydrogen) atoms. The van der Waals surface area contributed by atoms with Gasteiger partial charge in [-0.05, 0) is 71.8 Å². The number of rotatable bonds is 4. The van der Waals surface area contributed by atoms with Gasteiger partial charge < -0.3 is 10.1 Å². The largest absolute Gasteiger partial charge is 0.497 e. The number of aryl methyl sites for hydroxylation is 1. The molecule has 0 saturated heterocycles. The molecule has 4 aromatic carbocycles. The number of nitrogens with one attached hydrogen (secondary N) is 1. The van der Waals surface area contributed by atoms with Crippen LogP contribution in [0.15, 0.2) is 77.3 Å². The lowest BCUT2D eigenvalue weighted by Crippen LogP contribution is -2.13. The zero-order chi connectivity index (χ0) is 22.2. The third-order valence-corrected chi connectivity index (χ3v) is 6.08. The van der Waals surface area contributed by atoms with Crippen LogP contribution in [0.2, 0.25) is 0 Å². The van der Waals surface area contributed by atoms with Gasteiger partial charge in [0, 0.05) is 15.7 Å². The lowest BCUT2D eigenvalue weighted by molar-refractivity contribution is 0.102. The molecule has 7 heteroatoms. The van der Waals surface area contributed by atoms with E-state index in [1.807, 2.05) is 79.7 Å². The molecule has 5 rings (SSSR count). The normalized spacial score (nSPS) is 11.1. The third kappa shape index (κ3) is 3.61. The summed E-state index contributed by atoms with van der Waals surface area (Å²) >= 11 is 3.56. The lowest BCUT2D eigenvalue weighted by Gasteiger charge is -2.11. The smallest absolute Gasteiger partial charge is 0.256 e. The molecule has 5 aromatic rings. The number of nitrogens with zero attached hydrogens (tertiary/aromatic N) is 3. The second kappa shape index (κ2) is 8.09. The third-order valence-electron chi connectivity index (χ3n) is 5.39. The van der Waals surface area contributed by atoms with Crippen LogP contribution < -0.4 is 10.1 Å². The Morgan fingerprint density at radius 1 is 0.938 bits per heavy atom. The van der Waals surface area contributed by atoms with Gasteiger partial charge in [-0.3, -0.25) is 4.79 Å². The van der Waals surface area contributed by atoms with E-state index >= 15 is 0 Å². The topological polar surface area (TPSA) is 69.0 Å². The number of carbonyl (C=O) groups excluding carboxylic acids is 1. The van der Waals surface area contributed by atoms with Crippen molar-refractivity contribution in [3.8, 4) is 11.4 Å². The molecule has 0 atom stereocenters. The molecule has 1 aromatic heterocycles. The Balaban J connectivity index is 1.49. The van der Waals surface area contributed by atoms with Gasteiger partial charge in [0.2, 0.25) is 0 Å². The molecule has 0 saturated carbocycles. The highest BCUT2D eigenvalue weighted by molar-refractivity contribution is 9.10. The van der Waals surface area contributed by atoms with Crippen LogP contribution in [0.4, 0.5) is 5.69 Å². The molecule has 0 aliphatic rings. The van der Waals surface area contributed by atoms with Crippen LogP contribution in [0.1, 0.15) is 15.9 Å². The highest BCUT2D eigenvalue weighted by atomic mass is 79.9. The SMILES string of the molecule is COc1ccc(-n2nc3cc(C)c(NC(=O)c4cccc5c(Br)cccc45)cc3n2)cc1. The molecular formula is C25H19BrN4O2. The highest BCUT2D eigenvalue weighted by Crippen LogP contribution is 2.28. The predicted octanol–water partition coefficient (Wildman–Crippen LogP) is 5.91. The second-order valence-electron chi connectivity index (χ2n) is 7.44. The average Bonchev–Trinajstić information content (AvgIpc) is 3.22. The Labute approximate surface area is 192 Å². The van der Waals surface area contributed by atoms with Crippen LogP contribution in [0.3, 0.4) is 0 Å². The maximum absolute atomic E-state index is 13.1. The van der Waals surface area contributed by atoms with Crippen LogP contribution in [-0.2, 0) is 0 Å². The van der Waals surface area contributed by atoms with E-state index in [1.54, 1.807) is 11.9 Å². The first-order chi connectivity index (χ1) is 15.5. The fourth-order valence-corrected chi connectivity index (χ4v) is 4.19. The summed E-state index contributed by atoms with van der Waals surface area (Å²) in [6, 6.07) is 22.9. The summed E-state index contributed by atoms with van der Waals surface area (Å²) in [6.07, 6.45) is 0. The van der Waals surface area contributed by atoms with Crippen LogP contribution in [0, 0.1) is 6.92 Å². The number of anilines is 1. The molecule has 1 N–H and O–H groups in total. The number of carbonyl (C=O) groups is 1. The molecule has 0 radical (unpaired) electrons. The fraction of sp³-hybridized carbons (Fsp3) is 0.0800. The first kappa shape index (κ1) is 20.2. The van der Waals surface area contributed by atoms with Crippen molar-refractivity contribution in [2.24, 2.45) is 0 Å². The number of aromatic nitrogens is 3. The number of benzene rings is 4. The zero-order valence-corrected chi connectivity index (χ0v) is 19.1. The number of hydrogen-bond donors (Lipinski definition) is 1. The number of ether oxygens (including phenoxy) is 1. The standard InChI is InChI=1S/C25H19BrN4O2/c1-15-13-23-24(29-30(28-23)16-9-11-17(32-2)12-10-16)14-22(15)27-25(31)20-7-3-6-19-18(20)5-4-8-21(19)26/h3-14H,1-2H3,(H,27,31). The van der Waals surface area contributed by atoms with Crippen molar-refractivity contribution in [2.75, 3.05) is 12.4 Å². The number of amides is 1. The molecule has 1 heterocycles. The molecular weight excluding hydrogens is 468 g/mol. The Hall–Kier alpha value is -3.71.